The summed E-state index contributed by atoms with van der Waals surface area (Å²) in [5.41, 5.74) is 0. The molecule has 25 valence electrons. The van der Waals surface area contributed by atoms with Crippen LogP contribution in [0.2, 0.25) is 0 Å². The first kappa shape index (κ1) is 8.88. The number of rotatable bonds is 0. The van der Waals surface area contributed by atoms with Crippen molar-refractivity contribution in [1.82, 2.24) is 0 Å². The summed E-state index contributed by atoms with van der Waals surface area (Å²) >= 11 is 0. The van der Waals surface area contributed by atoms with Crippen LogP contribution in [0.4, 0.5) is 0 Å². The maximum Gasteiger partial charge on any atom is 0.00366 e. The summed E-state index contributed by atoms with van der Waals surface area (Å²) in [5.74, 6) is 0. The van der Waals surface area contributed by atoms with E-state index < -0.39 is 0 Å². The van der Waals surface area contributed by atoms with Gasteiger partial charge in [0.25, 0.3) is 0 Å². The molecule has 0 saturated heterocycles. The summed E-state index contributed by atoms with van der Waals surface area (Å²) < 4.78 is 0. The minimum atomic E-state index is 0. The van der Waals surface area contributed by atoms with Crippen molar-refractivity contribution in [2.45, 2.75) is 0 Å². The van der Waals surface area contributed by atoms with E-state index in [2.05, 4.69) is 0 Å². The van der Waals surface area contributed by atoms with Crippen molar-refractivity contribution in [3.8, 4) is 0 Å². The molecule has 0 unspecified atom stereocenters. The van der Waals surface area contributed by atoms with Gasteiger partial charge < -0.3 is 0 Å². The fourth-order valence-electron chi connectivity index (χ4n) is 0. The summed E-state index contributed by atoms with van der Waals surface area (Å²) in [6, 6.07) is 0. The summed E-state index contributed by atoms with van der Waals surface area (Å²) in [7, 11) is 0. The quantitative estimate of drug-likeness (QED) is 0.374. The Morgan fingerprint density at radius 3 is 1.75 bits per heavy atom. The van der Waals surface area contributed by atoms with Gasteiger partial charge in [-0.2, -0.15) is 0 Å². The van der Waals surface area contributed by atoms with Gasteiger partial charge >= 0.3 is 0 Å². The van der Waals surface area contributed by atoms with E-state index in [1.807, 2.05) is 0 Å². The van der Waals surface area contributed by atoms with Crippen LogP contribution in [0.1, 0.15) is 0 Å². The molecule has 1 radical (unpaired) electrons. The van der Waals surface area contributed by atoms with Crippen LogP contribution in [0.5, 0.6) is 0 Å². The molecule has 0 aliphatic carbocycles. The minimum Gasteiger partial charge on any atom is -0.267 e. The molecule has 0 spiro atoms. The molecule has 0 bridgehead atoms. The van der Waals surface area contributed by atoms with Gasteiger partial charge in [0.1, 0.15) is 0 Å². The number of nitrogens with one attached hydrogen (secondary N) is 1. The first-order chi connectivity index (χ1) is 1.41. The van der Waals surface area contributed by atoms with Crippen molar-refractivity contribution in [2.75, 3.05) is 0 Å². The van der Waals surface area contributed by atoms with Crippen LogP contribution in [0.15, 0.2) is 0 Å². The van der Waals surface area contributed by atoms with Gasteiger partial charge in [-0.05, 0) is 0 Å². The molecule has 0 aliphatic rings. The van der Waals surface area contributed by atoms with Gasteiger partial charge in [0.15, 0.2) is 0 Å². The van der Waals surface area contributed by atoms with Crippen LogP contribution in [0.25, 0.3) is 0 Å². The molecule has 0 aromatic rings. The van der Waals surface area contributed by atoms with Crippen molar-refractivity contribution in [2.24, 2.45) is 0 Å². The zero-order valence-electron chi connectivity index (χ0n) is 1.69. The van der Waals surface area contributed by atoms with Crippen LogP contribution in [-0.4, -0.2) is 0 Å². The molecular formula is HEuNO2. The third kappa shape index (κ3) is 12.1. The Kier molecular flexibility index (Phi) is 20.0. The average molecular weight is 199 g/mol. The summed E-state index contributed by atoms with van der Waals surface area (Å²) in [6.45, 7) is 0. The molecule has 0 saturated carbocycles. The van der Waals surface area contributed by atoms with Gasteiger partial charge in [0, 0.05) is 54.7 Å². The van der Waals surface area contributed by atoms with E-state index in [0.29, 0.717) is 0 Å². The van der Waals surface area contributed by atoms with Gasteiger partial charge in [-0.3, -0.25) is 10.1 Å². The second kappa shape index (κ2) is 9.01. The molecule has 0 atom stereocenters. The molecule has 1 N–H and O–H groups in total. The van der Waals surface area contributed by atoms with Gasteiger partial charge in [-0.1, -0.05) is 0 Å². The van der Waals surface area contributed by atoms with E-state index >= 15 is 0 Å². The maximum absolute atomic E-state index is 8.12. The summed E-state index contributed by atoms with van der Waals surface area (Å²) in [4.78, 5) is 8.12. The first-order valence-corrected chi connectivity index (χ1v) is 0.408. The van der Waals surface area contributed by atoms with Gasteiger partial charge in [-0.25, -0.2) is 0 Å². The molecule has 0 aromatic carbocycles. The summed E-state index contributed by atoms with van der Waals surface area (Å²) in [6.07, 6.45) is 0. The van der Waals surface area contributed by atoms with Gasteiger partial charge in [0.05, 0.1) is 0 Å². The van der Waals surface area contributed by atoms with Gasteiger partial charge in [-0.15, -0.1) is 0 Å². The molecule has 0 amide bonds. The maximum atomic E-state index is 8.12. The predicted octanol–water partition coefficient (Wildman–Crippen LogP) is -1.67. The Morgan fingerprint density at radius 1 is 1.75 bits per heavy atom. The smallest absolute Gasteiger partial charge is 0.00366 e. The predicted molar refractivity (Wildman–Crippen MR) is 7.70 cm³/mol. The van der Waals surface area contributed by atoms with Gasteiger partial charge in [0.2, 0.25) is 0 Å². The van der Waals surface area contributed by atoms with Crippen molar-refractivity contribution in [3.63, 3.8) is 0 Å². The van der Waals surface area contributed by atoms with E-state index in [-0.39, 0.29) is 54.7 Å². The van der Waals surface area contributed by atoms with Crippen molar-refractivity contribution >= 4 is 0 Å². The molecule has 0 aromatic heterocycles. The second-order valence-corrected chi connectivity index (χ2v) is 0.0833. The largest absolute Gasteiger partial charge is 0.267 e. The first-order valence-electron chi connectivity index (χ1n) is 0.408. The Labute approximate surface area is 63.9 Å². The monoisotopic (exact) mass is 200 g/mol. The zero-order chi connectivity index (χ0) is 2.71. The molecule has 0 aliphatic heterocycles. The topological polar surface area (TPSA) is 54.1 Å². The number of hydrogen-bond acceptors (Lipinski definition) is 2. The third-order valence-electron chi connectivity index (χ3n) is 0. The molecule has 3 nitrogen and oxygen atoms in total. The van der Waals surface area contributed by atoms with Crippen LogP contribution >= 0.6 is 0 Å². The Hall–Kier alpha value is 0.984. The molecule has 4 heteroatoms. The number of hydrogen-bond donors (Lipinski definition) is 1. The molecule has 0 fully saturated rings. The van der Waals surface area contributed by atoms with E-state index in [4.69, 9.17) is 10.1 Å². The second-order valence-electron chi connectivity index (χ2n) is 0.0833. The zero-order valence-corrected chi connectivity index (χ0v) is 4.12. The van der Waals surface area contributed by atoms with Crippen LogP contribution in [-0.2, 0) is 0 Å². The van der Waals surface area contributed by atoms with Crippen LogP contribution in [0, 0.1) is 59.5 Å². The Balaban J connectivity index is 0. The fourth-order valence-corrected chi connectivity index (χ4v) is 0. The summed E-state index contributed by atoms with van der Waals surface area (Å²) in [5, 5.41) is 8.38. The molecular weight excluding hydrogens is 198 g/mol. The Bertz CT molecular complexity index is 13.5. The van der Waals surface area contributed by atoms with E-state index in [9.17, 15) is 0 Å². The van der Waals surface area contributed by atoms with E-state index in [0.717, 1.165) is 0 Å². The van der Waals surface area contributed by atoms with Crippen molar-refractivity contribution < 1.29 is 54.7 Å². The van der Waals surface area contributed by atoms with Crippen molar-refractivity contribution in [1.29, 1.82) is 0 Å². The average Bonchev–Trinajstić information content (AvgIpc) is 0.918. The van der Waals surface area contributed by atoms with Crippen LogP contribution < -0.4 is 5.34 Å². The van der Waals surface area contributed by atoms with E-state index in [1.165, 1.54) is 0 Å². The Morgan fingerprint density at radius 2 is 1.75 bits per heavy atom. The van der Waals surface area contributed by atoms with Crippen LogP contribution in [0.3, 0.4) is 0 Å². The normalized spacial score (nSPS) is 3.00. The standard InChI is InChI=1S/Eu.HNO2/c;2-1-3/h;1H. The third-order valence-corrected chi connectivity index (χ3v) is 0. The SMILES string of the molecule is O=[NH+][O-].[Eu]. The van der Waals surface area contributed by atoms with Crippen molar-refractivity contribution in [3.05, 3.63) is 10.1 Å². The molecule has 4 heavy (non-hydrogen) atoms. The molecule has 0 heterocycles. The molecule has 0 rings (SSSR count). The minimum absolute atomic E-state index is 0. The van der Waals surface area contributed by atoms with E-state index in [1.54, 1.807) is 0 Å². The fraction of sp³-hybridized carbons (Fsp3) is 0.